The standard InChI is InChI=1S/C15H28N2O3.2H2S/c1-5-6-7-13(14(16)19)17-15(20)12(8-10(2)3)9-11(4)18;;/h10,12-13H,5-9H2,1-4H3,(H2,16,19)(H,17,20);2*1H2/t12-,13+;;/m1../s1. The molecular weight excluding hydrogens is 320 g/mol. The fraction of sp³-hybridized carbons (Fsp3) is 0.800. The molecule has 2 amide bonds. The highest BCUT2D eigenvalue weighted by Crippen LogP contribution is 2.17. The Balaban J connectivity index is -0.00000180. The van der Waals surface area contributed by atoms with Gasteiger partial charge in [0.25, 0.3) is 0 Å². The molecule has 7 heteroatoms. The molecule has 0 saturated heterocycles. The molecule has 0 fully saturated rings. The van der Waals surface area contributed by atoms with Crippen LogP contribution >= 0.6 is 27.0 Å². The Kier molecular flexibility index (Phi) is 16.6. The Morgan fingerprint density at radius 3 is 2.05 bits per heavy atom. The normalized spacial score (nSPS) is 12.6. The van der Waals surface area contributed by atoms with Crippen LogP contribution in [0.25, 0.3) is 0 Å². The van der Waals surface area contributed by atoms with Crippen molar-refractivity contribution in [2.75, 3.05) is 0 Å². The Hall–Kier alpha value is -0.690. The van der Waals surface area contributed by atoms with Gasteiger partial charge in [0.15, 0.2) is 0 Å². The molecule has 0 bridgehead atoms. The topological polar surface area (TPSA) is 89.3 Å². The molecule has 0 aromatic rings. The third-order valence-corrected chi connectivity index (χ3v) is 3.17. The average molecular weight is 353 g/mol. The number of carbonyl (C=O) groups is 3. The molecule has 0 aromatic heterocycles. The number of unbranched alkanes of at least 4 members (excludes halogenated alkanes) is 1. The van der Waals surface area contributed by atoms with E-state index in [0.717, 1.165) is 12.8 Å². The second-order valence-corrected chi connectivity index (χ2v) is 5.84. The quantitative estimate of drug-likeness (QED) is 0.630. The van der Waals surface area contributed by atoms with Gasteiger partial charge in [-0.05, 0) is 25.7 Å². The molecule has 22 heavy (non-hydrogen) atoms. The van der Waals surface area contributed by atoms with Gasteiger partial charge >= 0.3 is 0 Å². The molecule has 0 aliphatic heterocycles. The first-order chi connectivity index (χ1) is 9.27. The molecule has 0 unspecified atom stereocenters. The van der Waals surface area contributed by atoms with E-state index in [9.17, 15) is 14.4 Å². The van der Waals surface area contributed by atoms with Gasteiger partial charge in [-0.25, -0.2) is 0 Å². The molecule has 2 atom stereocenters. The lowest BCUT2D eigenvalue weighted by atomic mass is 9.91. The molecule has 5 nitrogen and oxygen atoms in total. The van der Waals surface area contributed by atoms with Crippen LogP contribution < -0.4 is 11.1 Å². The van der Waals surface area contributed by atoms with Gasteiger partial charge in [0.2, 0.25) is 11.8 Å². The lowest BCUT2D eigenvalue weighted by Crippen LogP contribution is -2.47. The summed E-state index contributed by atoms with van der Waals surface area (Å²) in [5, 5.41) is 2.70. The molecular formula is C15H32N2O3S2. The Bertz CT molecular complexity index is 350. The number of hydrogen-bond acceptors (Lipinski definition) is 3. The zero-order valence-corrected chi connectivity index (χ0v) is 16.1. The van der Waals surface area contributed by atoms with Gasteiger partial charge in [0.05, 0.1) is 0 Å². The summed E-state index contributed by atoms with van der Waals surface area (Å²) in [7, 11) is 0. The first kappa shape index (κ1) is 26.2. The lowest BCUT2D eigenvalue weighted by molar-refractivity contribution is -0.132. The van der Waals surface area contributed by atoms with Crippen LogP contribution in [0, 0.1) is 11.8 Å². The smallest absolute Gasteiger partial charge is 0.239 e. The number of carbonyl (C=O) groups excluding carboxylic acids is 3. The minimum atomic E-state index is -0.635. The van der Waals surface area contributed by atoms with E-state index in [1.54, 1.807) is 0 Å². The molecule has 0 aliphatic carbocycles. The summed E-state index contributed by atoms with van der Waals surface area (Å²) in [4.78, 5) is 34.8. The SMILES string of the molecule is CCCC[C@H](NC(=O)[C@@H](CC(C)=O)CC(C)C)C(N)=O.S.S. The average Bonchev–Trinajstić information content (AvgIpc) is 2.31. The highest BCUT2D eigenvalue weighted by molar-refractivity contribution is 7.59. The lowest BCUT2D eigenvalue weighted by Gasteiger charge is -2.21. The van der Waals surface area contributed by atoms with Crippen LogP contribution in [0.1, 0.15) is 59.8 Å². The largest absolute Gasteiger partial charge is 0.368 e. The van der Waals surface area contributed by atoms with E-state index in [2.05, 4.69) is 5.32 Å². The van der Waals surface area contributed by atoms with Crippen molar-refractivity contribution in [1.82, 2.24) is 5.32 Å². The van der Waals surface area contributed by atoms with Crippen molar-refractivity contribution < 1.29 is 14.4 Å². The van der Waals surface area contributed by atoms with Gasteiger partial charge < -0.3 is 15.8 Å². The van der Waals surface area contributed by atoms with Crippen molar-refractivity contribution in [3.8, 4) is 0 Å². The molecule has 0 radical (unpaired) electrons. The summed E-state index contributed by atoms with van der Waals surface area (Å²) in [6.45, 7) is 7.49. The first-order valence-electron chi connectivity index (χ1n) is 7.37. The van der Waals surface area contributed by atoms with Crippen molar-refractivity contribution in [1.29, 1.82) is 0 Å². The predicted molar refractivity (Wildman–Crippen MR) is 99.7 cm³/mol. The minimum Gasteiger partial charge on any atom is -0.368 e. The monoisotopic (exact) mass is 352 g/mol. The zero-order valence-electron chi connectivity index (χ0n) is 14.1. The van der Waals surface area contributed by atoms with Crippen LogP contribution in [0.2, 0.25) is 0 Å². The Morgan fingerprint density at radius 2 is 1.68 bits per heavy atom. The van der Waals surface area contributed by atoms with Crippen molar-refractivity contribution in [3.05, 3.63) is 0 Å². The predicted octanol–water partition coefficient (Wildman–Crippen LogP) is 2.01. The Labute approximate surface area is 148 Å². The molecule has 0 heterocycles. The summed E-state index contributed by atoms with van der Waals surface area (Å²) in [5.74, 6) is -0.842. The van der Waals surface area contributed by atoms with Crippen LogP contribution in [-0.4, -0.2) is 23.6 Å². The first-order valence-corrected chi connectivity index (χ1v) is 7.37. The number of Topliss-reactive ketones (excluding diaryl/α,β-unsaturated/α-hetero) is 1. The van der Waals surface area contributed by atoms with Gasteiger partial charge in [-0.1, -0.05) is 33.6 Å². The van der Waals surface area contributed by atoms with Crippen molar-refractivity contribution in [2.24, 2.45) is 17.6 Å². The van der Waals surface area contributed by atoms with Gasteiger partial charge in [0, 0.05) is 12.3 Å². The van der Waals surface area contributed by atoms with E-state index < -0.39 is 11.9 Å². The van der Waals surface area contributed by atoms with E-state index >= 15 is 0 Å². The summed E-state index contributed by atoms with van der Waals surface area (Å²) in [6, 6.07) is -0.635. The van der Waals surface area contributed by atoms with Crippen molar-refractivity contribution in [2.45, 2.75) is 65.8 Å². The summed E-state index contributed by atoms with van der Waals surface area (Å²) in [5.41, 5.74) is 5.31. The fourth-order valence-corrected chi connectivity index (χ4v) is 2.18. The summed E-state index contributed by atoms with van der Waals surface area (Å²) in [6.07, 6.45) is 3.15. The van der Waals surface area contributed by atoms with Crippen LogP contribution in [0.5, 0.6) is 0 Å². The highest BCUT2D eigenvalue weighted by Gasteiger charge is 2.25. The number of nitrogens with one attached hydrogen (secondary N) is 1. The maximum absolute atomic E-state index is 12.2. The fourth-order valence-electron chi connectivity index (χ4n) is 2.18. The van der Waals surface area contributed by atoms with E-state index in [4.69, 9.17) is 5.73 Å². The van der Waals surface area contributed by atoms with Crippen LogP contribution in [0.4, 0.5) is 0 Å². The number of ketones is 1. The van der Waals surface area contributed by atoms with Gasteiger partial charge in [-0.2, -0.15) is 27.0 Å². The maximum atomic E-state index is 12.2. The molecule has 132 valence electrons. The van der Waals surface area contributed by atoms with Gasteiger partial charge in [-0.15, -0.1) is 0 Å². The third-order valence-electron chi connectivity index (χ3n) is 3.17. The molecule has 0 aromatic carbocycles. The number of nitrogens with two attached hydrogens (primary N) is 1. The van der Waals surface area contributed by atoms with E-state index in [-0.39, 0.29) is 51.0 Å². The molecule has 0 spiro atoms. The summed E-state index contributed by atoms with van der Waals surface area (Å²) >= 11 is 0. The molecule has 0 aliphatic rings. The van der Waals surface area contributed by atoms with Crippen LogP contribution in [0.3, 0.4) is 0 Å². The highest BCUT2D eigenvalue weighted by atomic mass is 32.1. The van der Waals surface area contributed by atoms with E-state index in [1.165, 1.54) is 6.92 Å². The van der Waals surface area contributed by atoms with Crippen LogP contribution in [0.15, 0.2) is 0 Å². The van der Waals surface area contributed by atoms with E-state index in [0.29, 0.717) is 18.8 Å². The number of hydrogen-bond donors (Lipinski definition) is 2. The van der Waals surface area contributed by atoms with E-state index in [1.807, 2.05) is 20.8 Å². The van der Waals surface area contributed by atoms with Crippen molar-refractivity contribution >= 4 is 44.6 Å². The molecule has 0 saturated carbocycles. The Morgan fingerprint density at radius 1 is 1.14 bits per heavy atom. The number of rotatable bonds is 10. The van der Waals surface area contributed by atoms with Gasteiger partial charge in [-0.3, -0.25) is 9.59 Å². The second-order valence-electron chi connectivity index (χ2n) is 5.84. The molecule has 3 N–H and O–H groups in total. The zero-order chi connectivity index (χ0) is 15.7. The summed E-state index contributed by atoms with van der Waals surface area (Å²) < 4.78 is 0. The number of primary amides is 1. The minimum absolute atomic E-state index is 0. The second kappa shape index (κ2) is 13.9. The number of amides is 2. The van der Waals surface area contributed by atoms with Gasteiger partial charge in [0.1, 0.15) is 11.8 Å². The molecule has 0 rings (SSSR count). The van der Waals surface area contributed by atoms with Crippen molar-refractivity contribution in [3.63, 3.8) is 0 Å². The maximum Gasteiger partial charge on any atom is 0.239 e. The third kappa shape index (κ3) is 11.9. The van der Waals surface area contributed by atoms with Crippen LogP contribution in [-0.2, 0) is 14.4 Å².